The van der Waals surface area contributed by atoms with E-state index in [2.05, 4.69) is 5.32 Å². The number of hydrogen-bond donors (Lipinski definition) is 1. The van der Waals surface area contributed by atoms with Crippen LogP contribution in [0.15, 0.2) is 0 Å². The fourth-order valence-electron chi connectivity index (χ4n) is 1.92. The van der Waals surface area contributed by atoms with Gasteiger partial charge in [0.25, 0.3) is 0 Å². The molecule has 6 heteroatoms. The van der Waals surface area contributed by atoms with Gasteiger partial charge in [0, 0.05) is 45.8 Å². The van der Waals surface area contributed by atoms with Crippen LogP contribution in [-0.4, -0.2) is 69.7 Å². The van der Waals surface area contributed by atoms with Crippen molar-refractivity contribution in [2.24, 2.45) is 0 Å². The predicted octanol–water partition coefficient (Wildman–Crippen LogP) is 0.224. The summed E-state index contributed by atoms with van der Waals surface area (Å²) in [5, 5.41) is 3.20. The first-order chi connectivity index (χ1) is 9.27. The van der Waals surface area contributed by atoms with Crippen LogP contribution in [0.3, 0.4) is 0 Å². The summed E-state index contributed by atoms with van der Waals surface area (Å²) in [5.41, 5.74) is 0. The van der Waals surface area contributed by atoms with Crippen molar-refractivity contribution in [2.75, 3.05) is 52.6 Å². The second kappa shape index (κ2) is 10.1. The molecule has 0 aliphatic carbocycles. The van der Waals surface area contributed by atoms with Crippen molar-refractivity contribution in [1.29, 1.82) is 0 Å². The molecule has 0 radical (unpaired) electrons. The van der Waals surface area contributed by atoms with Gasteiger partial charge in [-0.15, -0.1) is 0 Å². The van der Waals surface area contributed by atoms with E-state index >= 15 is 0 Å². The zero-order valence-corrected chi connectivity index (χ0v) is 12.0. The Balaban J connectivity index is 2.09. The van der Waals surface area contributed by atoms with Crippen molar-refractivity contribution in [2.45, 2.75) is 26.6 Å². The lowest BCUT2D eigenvalue weighted by Crippen LogP contribution is -2.42. The van der Waals surface area contributed by atoms with Crippen molar-refractivity contribution >= 4 is 5.91 Å². The molecule has 0 aromatic heterocycles. The van der Waals surface area contributed by atoms with Gasteiger partial charge < -0.3 is 24.4 Å². The molecule has 0 spiro atoms. The van der Waals surface area contributed by atoms with Crippen molar-refractivity contribution in [3.63, 3.8) is 0 Å². The number of hydrogen-bond acceptors (Lipinski definition) is 5. The lowest BCUT2D eigenvalue weighted by atomic mass is 10.3. The average molecular weight is 274 g/mol. The Kier molecular flexibility index (Phi) is 8.73. The van der Waals surface area contributed by atoms with E-state index in [1.807, 2.05) is 18.7 Å². The highest BCUT2D eigenvalue weighted by atomic mass is 16.7. The van der Waals surface area contributed by atoms with Crippen molar-refractivity contribution in [3.8, 4) is 0 Å². The van der Waals surface area contributed by atoms with E-state index in [0.29, 0.717) is 59.0 Å². The van der Waals surface area contributed by atoms with Crippen LogP contribution in [0.25, 0.3) is 0 Å². The minimum Gasteiger partial charge on any atom is -0.378 e. The molecule has 1 rings (SSSR count). The molecule has 6 nitrogen and oxygen atoms in total. The van der Waals surface area contributed by atoms with Crippen LogP contribution in [-0.2, 0) is 19.0 Å². The number of morpholine rings is 1. The van der Waals surface area contributed by atoms with Gasteiger partial charge in [-0.2, -0.15) is 0 Å². The van der Waals surface area contributed by atoms with Gasteiger partial charge in [-0.3, -0.25) is 4.79 Å². The molecule has 0 saturated carbocycles. The van der Waals surface area contributed by atoms with Gasteiger partial charge in [0.05, 0.1) is 13.2 Å². The van der Waals surface area contributed by atoms with E-state index in [1.165, 1.54) is 0 Å². The highest BCUT2D eigenvalue weighted by molar-refractivity contribution is 5.76. The average Bonchev–Trinajstić information content (AvgIpc) is 2.44. The van der Waals surface area contributed by atoms with Gasteiger partial charge in [-0.25, -0.2) is 0 Å². The molecular formula is C13H26N2O4. The molecule has 0 atom stereocenters. The SMILES string of the molecule is CCOC(CNCCC(=O)N1CCOCC1)OCC. The summed E-state index contributed by atoms with van der Waals surface area (Å²) >= 11 is 0. The van der Waals surface area contributed by atoms with Gasteiger partial charge in [-0.05, 0) is 13.8 Å². The molecule has 0 unspecified atom stereocenters. The van der Waals surface area contributed by atoms with Crippen LogP contribution in [0.1, 0.15) is 20.3 Å². The highest BCUT2D eigenvalue weighted by Gasteiger charge is 2.16. The molecule has 1 N–H and O–H groups in total. The third-order valence-electron chi connectivity index (χ3n) is 2.90. The van der Waals surface area contributed by atoms with E-state index in [9.17, 15) is 4.79 Å². The number of carbonyl (C=O) groups is 1. The molecule has 1 heterocycles. The van der Waals surface area contributed by atoms with E-state index in [4.69, 9.17) is 14.2 Å². The summed E-state index contributed by atoms with van der Waals surface area (Å²) in [7, 11) is 0. The Morgan fingerprint density at radius 1 is 1.26 bits per heavy atom. The summed E-state index contributed by atoms with van der Waals surface area (Å²) in [6, 6.07) is 0. The minimum atomic E-state index is -0.228. The number of carbonyl (C=O) groups excluding carboxylic acids is 1. The van der Waals surface area contributed by atoms with Crippen LogP contribution in [0.4, 0.5) is 0 Å². The number of nitrogens with one attached hydrogen (secondary N) is 1. The Morgan fingerprint density at radius 2 is 1.89 bits per heavy atom. The molecule has 0 aromatic rings. The monoisotopic (exact) mass is 274 g/mol. The summed E-state index contributed by atoms with van der Waals surface area (Å²) in [6.07, 6.45) is 0.277. The maximum atomic E-state index is 11.9. The predicted molar refractivity (Wildman–Crippen MR) is 71.9 cm³/mol. The van der Waals surface area contributed by atoms with Crippen LogP contribution in [0.2, 0.25) is 0 Å². The normalized spacial score (nSPS) is 16.1. The zero-order chi connectivity index (χ0) is 13.9. The van der Waals surface area contributed by atoms with E-state index in [-0.39, 0.29) is 12.2 Å². The van der Waals surface area contributed by atoms with Gasteiger partial charge in [-0.1, -0.05) is 0 Å². The van der Waals surface area contributed by atoms with Crippen LogP contribution < -0.4 is 5.32 Å². The van der Waals surface area contributed by atoms with Crippen LogP contribution in [0, 0.1) is 0 Å². The number of nitrogens with zero attached hydrogens (tertiary/aromatic N) is 1. The minimum absolute atomic E-state index is 0.181. The Bertz CT molecular complexity index is 239. The van der Waals surface area contributed by atoms with Crippen molar-refractivity contribution < 1.29 is 19.0 Å². The summed E-state index contributed by atoms with van der Waals surface area (Å²) in [6.45, 7) is 9.09. The van der Waals surface area contributed by atoms with E-state index < -0.39 is 0 Å². The Morgan fingerprint density at radius 3 is 2.47 bits per heavy atom. The molecule has 1 aliphatic heterocycles. The van der Waals surface area contributed by atoms with Crippen LogP contribution >= 0.6 is 0 Å². The molecule has 112 valence electrons. The molecule has 1 amide bonds. The lowest BCUT2D eigenvalue weighted by molar-refractivity contribution is -0.137. The van der Waals surface area contributed by atoms with Crippen molar-refractivity contribution in [1.82, 2.24) is 10.2 Å². The van der Waals surface area contributed by atoms with Gasteiger partial charge in [0.15, 0.2) is 6.29 Å². The van der Waals surface area contributed by atoms with E-state index in [0.717, 1.165) is 0 Å². The smallest absolute Gasteiger partial charge is 0.224 e. The highest BCUT2D eigenvalue weighted by Crippen LogP contribution is 1.99. The largest absolute Gasteiger partial charge is 0.378 e. The summed E-state index contributed by atoms with van der Waals surface area (Å²) in [4.78, 5) is 13.7. The Labute approximate surface area is 115 Å². The first kappa shape index (κ1) is 16.4. The fraction of sp³-hybridized carbons (Fsp3) is 0.923. The molecule has 0 aromatic carbocycles. The second-order valence-electron chi connectivity index (χ2n) is 4.29. The first-order valence-corrected chi connectivity index (χ1v) is 7.07. The number of amides is 1. The number of ether oxygens (including phenoxy) is 3. The molecule has 0 bridgehead atoms. The standard InChI is InChI=1S/C13H26N2O4/c1-3-18-13(19-4-2)11-14-6-5-12(16)15-7-9-17-10-8-15/h13-14H,3-11H2,1-2H3. The van der Waals surface area contributed by atoms with E-state index in [1.54, 1.807) is 0 Å². The summed E-state index contributed by atoms with van der Waals surface area (Å²) in [5.74, 6) is 0.181. The second-order valence-corrected chi connectivity index (χ2v) is 4.29. The van der Waals surface area contributed by atoms with Gasteiger partial charge in [0.2, 0.25) is 5.91 Å². The molecular weight excluding hydrogens is 248 g/mol. The zero-order valence-electron chi connectivity index (χ0n) is 12.0. The third kappa shape index (κ3) is 6.87. The fourth-order valence-corrected chi connectivity index (χ4v) is 1.92. The molecule has 19 heavy (non-hydrogen) atoms. The topological polar surface area (TPSA) is 60.0 Å². The van der Waals surface area contributed by atoms with Gasteiger partial charge >= 0.3 is 0 Å². The Hall–Kier alpha value is -0.690. The van der Waals surface area contributed by atoms with Crippen molar-refractivity contribution in [3.05, 3.63) is 0 Å². The molecule has 1 fully saturated rings. The molecule has 1 aliphatic rings. The third-order valence-corrected chi connectivity index (χ3v) is 2.90. The maximum absolute atomic E-state index is 11.9. The summed E-state index contributed by atoms with van der Waals surface area (Å²) < 4.78 is 16.0. The van der Waals surface area contributed by atoms with Gasteiger partial charge in [0.1, 0.15) is 0 Å². The number of rotatable bonds is 9. The first-order valence-electron chi connectivity index (χ1n) is 7.07. The quantitative estimate of drug-likeness (QED) is 0.481. The lowest BCUT2D eigenvalue weighted by Gasteiger charge is -2.27. The van der Waals surface area contributed by atoms with Crippen LogP contribution in [0.5, 0.6) is 0 Å². The molecule has 1 saturated heterocycles. The maximum Gasteiger partial charge on any atom is 0.224 e.